The summed E-state index contributed by atoms with van der Waals surface area (Å²) in [5.74, 6) is 2.32. The second kappa shape index (κ2) is 8.58. The van der Waals surface area contributed by atoms with Gasteiger partial charge in [-0.3, -0.25) is 4.79 Å². The predicted octanol–water partition coefficient (Wildman–Crippen LogP) is 4.37. The first-order valence-electron chi connectivity index (χ1n) is 7.01. The molecular weight excluding hydrogens is 290 g/mol. The van der Waals surface area contributed by atoms with Crippen molar-refractivity contribution in [1.82, 2.24) is 5.32 Å². The molecule has 0 bridgehead atoms. The Balaban J connectivity index is 2.36. The number of halogens is 1. The molecule has 1 amide bonds. The Morgan fingerprint density at radius 3 is 2.45 bits per heavy atom. The Bertz CT molecular complexity index is 426. The van der Waals surface area contributed by atoms with Crippen LogP contribution < -0.4 is 5.32 Å². The molecule has 0 fully saturated rings. The molecule has 1 rings (SSSR count). The number of carbonyl (C=O) groups is 1. The first kappa shape index (κ1) is 17.4. The summed E-state index contributed by atoms with van der Waals surface area (Å²) in [5.41, 5.74) is 1.15. The smallest absolute Gasteiger partial charge is 0.230 e. The Kier molecular flexibility index (Phi) is 7.46. The van der Waals surface area contributed by atoms with E-state index < -0.39 is 0 Å². The molecule has 0 saturated heterocycles. The molecule has 0 aliphatic heterocycles. The van der Waals surface area contributed by atoms with Crippen molar-refractivity contribution < 1.29 is 4.79 Å². The van der Waals surface area contributed by atoms with Gasteiger partial charge in [-0.25, -0.2) is 0 Å². The minimum Gasteiger partial charge on any atom is -0.352 e. The average Bonchev–Trinajstić information content (AvgIpc) is 2.35. The van der Waals surface area contributed by atoms with Crippen LogP contribution in [-0.4, -0.2) is 17.7 Å². The average molecular weight is 314 g/mol. The predicted molar refractivity (Wildman–Crippen MR) is 89.2 cm³/mol. The standard InChI is InChI=1S/C16H24ClNOS/c1-11(2)16(12(3)4)18-15(19)10-20-9-13-6-5-7-14(17)8-13/h5-8,11-12,16H,9-10H2,1-4H3,(H,18,19). The Morgan fingerprint density at radius 2 is 1.90 bits per heavy atom. The largest absolute Gasteiger partial charge is 0.352 e. The van der Waals surface area contributed by atoms with Gasteiger partial charge in [0.25, 0.3) is 0 Å². The van der Waals surface area contributed by atoms with Crippen molar-refractivity contribution in [3.63, 3.8) is 0 Å². The van der Waals surface area contributed by atoms with E-state index in [1.54, 1.807) is 11.8 Å². The van der Waals surface area contributed by atoms with E-state index in [9.17, 15) is 4.79 Å². The molecule has 0 radical (unpaired) electrons. The molecule has 0 atom stereocenters. The van der Waals surface area contributed by atoms with Crippen LogP contribution in [0.4, 0.5) is 0 Å². The van der Waals surface area contributed by atoms with Crippen molar-refractivity contribution in [2.75, 3.05) is 5.75 Å². The molecule has 1 aromatic rings. The van der Waals surface area contributed by atoms with Gasteiger partial charge in [-0.05, 0) is 29.5 Å². The highest BCUT2D eigenvalue weighted by Crippen LogP contribution is 2.17. The van der Waals surface area contributed by atoms with Gasteiger partial charge in [-0.2, -0.15) is 0 Å². The molecule has 0 aromatic heterocycles. The van der Waals surface area contributed by atoms with Crippen LogP contribution in [0.2, 0.25) is 5.02 Å². The van der Waals surface area contributed by atoms with Gasteiger partial charge in [-0.1, -0.05) is 51.4 Å². The number of amides is 1. The number of hydrogen-bond acceptors (Lipinski definition) is 2. The van der Waals surface area contributed by atoms with Gasteiger partial charge in [0.2, 0.25) is 5.91 Å². The zero-order chi connectivity index (χ0) is 15.1. The molecule has 2 nitrogen and oxygen atoms in total. The third-order valence-electron chi connectivity index (χ3n) is 3.16. The maximum Gasteiger partial charge on any atom is 0.230 e. The van der Waals surface area contributed by atoms with Crippen LogP contribution in [0.15, 0.2) is 24.3 Å². The van der Waals surface area contributed by atoms with E-state index in [1.807, 2.05) is 24.3 Å². The quantitative estimate of drug-likeness (QED) is 0.810. The van der Waals surface area contributed by atoms with Crippen molar-refractivity contribution in [3.05, 3.63) is 34.9 Å². The van der Waals surface area contributed by atoms with Gasteiger partial charge in [0.1, 0.15) is 0 Å². The van der Waals surface area contributed by atoms with Crippen LogP contribution >= 0.6 is 23.4 Å². The van der Waals surface area contributed by atoms with Crippen molar-refractivity contribution >= 4 is 29.3 Å². The van der Waals surface area contributed by atoms with E-state index >= 15 is 0 Å². The molecule has 0 aliphatic carbocycles. The lowest BCUT2D eigenvalue weighted by atomic mass is 9.93. The van der Waals surface area contributed by atoms with E-state index in [2.05, 4.69) is 33.0 Å². The molecule has 0 spiro atoms. The number of benzene rings is 1. The Labute approximate surface area is 131 Å². The molecular formula is C16H24ClNOS. The van der Waals surface area contributed by atoms with Gasteiger partial charge in [0, 0.05) is 16.8 Å². The molecule has 1 aromatic carbocycles. The van der Waals surface area contributed by atoms with Gasteiger partial charge in [-0.15, -0.1) is 11.8 Å². The van der Waals surface area contributed by atoms with Gasteiger partial charge in [0.15, 0.2) is 0 Å². The van der Waals surface area contributed by atoms with E-state index in [0.717, 1.165) is 16.3 Å². The van der Waals surface area contributed by atoms with Crippen LogP contribution in [0.1, 0.15) is 33.3 Å². The zero-order valence-corrected chi connectivity index (χ0v) is 14.2. The summed E-state index contributed by atoms with van der Waals surface area (Å²) in [5, 5.41) is 3.87. The van der Waals surface area contributed by atoms with Crippen LogP contribution in [0, 0.1) is 11.8 Å². The highest BCUT2D eigenvalue weighted by molar-refractivity contribution is 7.99. The normalized spacial score (nSPS) is 11.4. The number of hydrogen-bond donors (Lipinski definition) is 1. The lowest BCUT2D eigenvalue weighted by molar-refractivity contribution is -0.119. The van der Waals surface area contributed by atoms with Gasteiger partial charge in [0.05, 0.1) is 5.75 Å². The first-order valence-corrected chi connectivity index (χ1v) is 8.55. The Hall–Kier alpha value is -0.670. The number of carbonyl (C=O) groups excluding carboxylic acids is 1. The summed E-state index contributed by atoms with van der Waals surface area (Å²) < 4.78 is 0. The molecule has 0 heterocycles. The van der Waals surface area contributed by atoms with Gasteiger partial charge < -0.3 is 5.32 Å². The second-order valence-corrected chi connectivity index (χ2v) is 7.13. The highest BCUT2D eigenvalue weighted by Gasteiger charge is 2.19. The molecule has 20 heavy (non-hydrogen) atoms. The fraction of sp³-hybridized carbons (Fsp3) is 0.562. The third kappa shape index (κ3) is 6.19. The van der Waals surface area contributed by atoms with Crippen molar-refractivity contribution in [2.24, 2.45) is 11.8 Å². The number of thioether (sulfide) groups is 1. The minimum atomic E-state index is 0.115. The molecule has 0 aliphatic rings. The lowest BCUT2D eigenvalue weighted by Crippen LogP contribution is -2.43. The van der Waals surface area contributed by atoms with E-state index in [-0.39, 0.29) is 11.9 Å². The van der Waals surface area contributed by atoms with Crippen molar-refractivity contribution in [1.29, 1.82) is 0 Å². The van der Waals surface area contributed by atoms with Crippen LogP contribution in [0.3, 0.4) is 0 Å². The van der Waals surface area contributed by atoms with E-state index in [4.69, 9.17) is 11.6 Å². The topological polar surface area (TPSA) is 29.1 Å². The van der Waals surface area contributed by atoms with Gasteiger partial charge >= 0.3 is 0 Å². The summed E-state index contributed by atoms with van der Waals surface area (Å²) in [7, 11) is 0. The minimum absolute atomic E-state index is 0.115. The second-order valence-electron chi connectivity index (χ2n) is 5.70. The zero-order valence-electron chi connectivity index (χ0n) is 12.7. The van der Waals surface area contributed by atoms with E-state index in [0.29, 0.717) is 17.6 Å². The van der Waals surface area contributed by atoms with E-state index in [1.165, 1.54) is 0 Å². The van der Waals surface area contributed by atoms with Crippen LogP contribution in [0.5, 0.6) is 0 Å². The number of rotatable bonds is 7. The van der Waals surface area contributed by atoms with Crippen molar-refractivity contribution in [3.8, 4) is 0 Å². The summed E-state index contributed by atoms with van der Waals surface area (Å²) in [6.07, 6.45) is 0. The maximum atomic E-state index is 12.0. The molecule has 1 N–H and O–H groups in total. The first-order chi connectivity index (χ1) is 9.40. The SMILES string of the molecule is CC(C)C(NC(=O)CSCc1cccc(Cl)c1)C(C)C. The summed E-state index contributed by atoms with van der Waals surface area (Å²) in [4.78, 5) is 12.0. The molecule has 112 valence electrons. The Morgan fingerprint density at radius 1 is 1.25 bits per heavy atom. The van der Waals surface area contributed by atoms with Crippen LogP contribution in [-0.2, 0) is 10.5 Å². The number of nitrogens with one attached hydrogen (secondary N) is 1. The summed E-state index contributed by atoms with van der Waals surface area (Å²) in [6.45, 7) is 8.57. The van der Waals surface area contributed by atoms with Crippen LogP contribution in [0.25, 0.3) is 0 Å². The highest BCUT2D eigenvalue weighted by atomic mass is 35.5. The van der Waals surface area contributed by atoms with Crippen molar-refractivity contribution in [2.45, 2.75) is 39.5 Å². The monoisotopic (exact) mass is 313 g/mol. The third-order valence-corrected chi connectivity index (χ3v) is 4.39. The fourth-order valence-corrected chi connectivity index (χ4v) is 3.22. The molecule has 4 heteroatoms. The summed E-state index contributed by atoms with van der Waals surface area (Å²) >= 11 is 7.55. The maximum absolute atomic E-state index is 12.0. The summed E-state index contributed by atoms with van der Waals surface area (Å²) in [6, 6.07) is 8.01. The molecule has 0 saturated carbocycles. The lowest BCUT2D eigenvalue weighted by Gasteiger charge is -2.26. The fourth-order valence-electron chi connectivity index (χ4n) is 2.22. The molecule has 0 unspecified atom stereocenters.